The molecule has 0 atom stereocenters. The van der Waals surface area contributed by atoms with Crippen LogP contribution in [0.1, 0.15) is 35.5 Å². The number of rotatable bonds is 4. The van der Waals surface area contributed by atoms with Crippen LogP contribution < -0.4 is 10.6 Å². The molecule has 0 saturated carbocycles. The zero-order chi connectivity index (χ0) is 15.4. The Morgan fingerprint density at radius 1 is 1.14 bits per heavy atom. The van der Waals surface area contributed by atoms with E-state index in [9.17, 15) is 4.79 Å². The van der Waals surface area contributed by atoms with Gasteiger partial charge in [0.15, 0.2) is 0 Å². The summed E-state index contributed by atoms with van der Waals surface area (Å²) in [5, 5.41) is 6.00. The molecule has 21 heavy (non-hydrogen) atoms. The maximum atomic E-state index is 11.8. The zero-order valence-corrected chi connectivity index (χ0v) is 12.8. The molecule has 0 spiro atoms. The molecule has 1 aromatic heterocycles. The lowest BCUT2D eigenvalue weighted by atomic mass is 10.1. The van der Waals surface area contributed by atoms with Crippen molar-refractivity contribution >= 4 is 17.4 Å². The summed E-state index contributed by atoms with van der Waals surface area (Å²) in [6, 6.07) is 6.12. The summed E-state index contributed by atoms with van der Waals surface area (Å²) < 4.78 is 0. The minimum atomic E-state index is -0.212. The van der Waals surface area contributed by atoms with Crippen LogP contribution in [0.3, 0.4) is 0 Å². The first-order chi connectivity index (χ1) is 9.97. The maximum absolute atomic E-state index is 11.8. The SMILES string of the molecule is Cc1cccc(Nc2cnc(C(=O)NC(C)C)cn2)c1C. The van der Waals surface area contributed by atoms with Gasteiger partial charge < -0.3 is 10.6 Å². The topological polar surface area (TPSA) is 66.9 Å². The Balaban J connectivity index is 2.12. The van der Waals surface area contributed by atoms with E-state index in [4.69, 9.17) is 0 Å². The van der Waals surface area contributed by atoms with E-state index >= 15 is 0 Å². The Labute approximate surface area is 124 Å². The van der Waals surface area contributed by atoms with Crippen LogP contribution in [0.25, 0.3) is 0 Å². The fourth-order valence-electron chi connectivity index (χ4n) is 1.87. The molecular weight excluding hydrogens is 264 g/mol. The molecule has 1 aromatic carbocycles. The number of nitrogens with zero attached hydrogens (tertiary/aromatic N) is 2. The third-order valence-corrected chi connectivity index (χ3v) is 3.17. The van der Waals surface area contributed by atoms with Crippen molar-refractivity contribution in [3.05, 3.63) is 47.4 Å². The van der Waals surface area contributed by atoms with Gasteiger partial charge in [0.05, 0.1) is 12.4 Å². The lowest BCUT2D eigenvalue weighted by molar-refractivity contribution is 0.0937. The molecule has 2 rings (SSSR count). The van der Waals surface area contributed by atoms with E-state index < -0.39 is 0 Å². The second-order valence-corrected chi connectivity index (χ2v) is 5.29. The highest BCUT2D eigenvalue weighted by Gasteiger charge is 2.09. The maximum Gasteiger partial charge on any atom is 0.271 e. The monoisotopic (exact) mass is 284 g/mol. The minimum Gasteiger partial charge on any atom is -0.348 e. The molecule has 110 valence electrons. The van der Waals surface area contributed by atoms with Crippen LogP contribution in [0.4, 0.5) is 11.5 Å². The van der Waals surface area contributed by atoms with E-state index in [-0.39, 0.29) is 11.9 Å². The number of hydrogen-bond donors (Lipinski definition) is 2. The van der Waals surface area contributed by atoms with Gasteiger partial charge in [-0.1, -0.05) is 12.1 Å². The van der Waals surface area contributed by atoms with Gasteiger partial charge in [-0.15, -0.1) is 0 Å². The number of carbonyl (C=O) groups is 1. The Morgan fingerprint density at radius 2 is 1.90 bits per heavy atom. The summed E-state index contributed by atoms with van der Waals surface area (Å²) >= 11 is 0. The molecule has 5 nitrogen and oxygen atoms in total. The van der Waals surface area contributed by atoms with E-state index in [1.165, 1.54) is 17.3 Å². The first kappa shape index (κ1) is 15.0. The van der Waals surface area contributed by atoms with Crippen molar-refractivity contribution in [2.24, 2.45) is 0 Å². The van der Waals surface area contributed by atoms with Gasteiger partial charge in [0.1, 0.15) is 11.5 Å². The average molecular weight is 284 g/mol. The van der Waals surface area contributed by atoms with Crippen LogP contribution in [0.2, 0.25) is 0 Å². The van der Waals surface area contributed by atoms with Gasteiger partial charge in [0.25, 0.3) is 5.91 Å². The molecule has 0 unspecified atom stereocenters. The molecule has 2 N–H and O–H groups in total. The van der Waals surface area contributed by atoms with Gasteiger partial charge in [0, 0.05) is 11.7 Å². The van der Waals surface area contributed by atoms with E-state index in [0.717, 1.165) is 5.69 Å². The minimum absolute atomic E-state index is 0.0760. The number of aryl methyl sites for hydroxylation is 1. The predicted molar refractivity (Wildman–Crippen MR) is 83.8 cm³/mol. The van der Waals surface area contributed by atoms with Gasteiger partial charge >= 0.3 is 0 Å². The van der Waals surface area contributed by atoms with Gasteiger partial charge in [-0.3, -0.25) is 4.79 Å². The van der Waals surface area contributed by atoms with Crippen LogP contribution in [-0.2, 0) is 0 Å². The van der Waals surface area contributed by atoms with Crippen LogP contribution in [0, 0.1) is 13.8 Å². The zero-order valence-electron chi connectivity index (χ0n) is 12.8. The summed E-state index contributed by atoms with van der Waals surface area (Å²) in [4.78, 5) is 20.2. The molecule has 0 bridgehead atoms. The van der Waals surface area contributed by atoms with E-state index in [2.05, 4.69) is 40.5 Å². The highest BCUT2D eigenvalue weighted by Crippen LogP contribution is 2.21. The summed E-state index contributed by atoms with van der Waals surface area (Å²) in [5.41, 5.74) is 3.68. The Bertz CT molecular complexity index is 635. The number of benzene rings is 1. The summed E-state index contributed by atoms with van der Waals surface area (Å²) in [6.45, 7) is 7.92. The largest absolute Gasteiger partial charge is 0.348 e. The van der Waals surface area contributed by atoms with E-state index in [1.54, 1.807) is 6.20 Å². The number of aromatic nitrogens is 2. The van der Waals surface area contributed by atoms with Crippen LogP contribution in [0.15, 0.2) is 30.6 Å². The first-order valence-electron chi connectivity index (χ1n) is 6.93. The fourth-order valence-corrected chi connectivity index (χ4v) is 1.87. The summed E-state index contributed by atoms with van der Waals surface area (Å²) in [5.74, 6) is 0.403. The second-order valence-electron chi connectivity index (χ2n) is 5.29. The molecule has 0 aliphatic rings. The molecular formula is C16H20N4O. The molecule has 0 aliphatic heterocycles. The predicted octanol–water partition coefficient (Wildman–Crippen LogP) is 2.98. The smallest absolute Gasteiger partial charge is 0.271 e. The Kier molecular flexibility index (Phi) is 4.52. The Hall–Kier alpha value is -2.43. The number of carbonyl (C=O) groups excluding carboxylic acids is 1. The second kappa shape index (κ2) is 6.35. The van der Waals surface area contributed by atoms with Crippen LogP contribution >= 0.6 is 0 Å². The standard InChI is InChI=1S/C16H20N4O/c1-10(2)19-16(21)14-8-18-15(9-17-14)20-13-7-5-6-11(3)12(13)4/h5-10H,1-4H3,(H,18,20)(H,19,21). The van der Waals surface area contributed by atoms with Crippen molar-refractivity contribution in [1.82, 2.24) is 15.3 Å². The van der Waals surface area contributed by atoms with Crippen molar-refractivity contribution in [2.45, 2.75) is 33.7 Å². The van der Waals surface area contributed by atoms with Crippen molar-refractivity contribution in [1.29, 1.82) is 0 Å². The number of anilines is 2. The Morgan fingerprint density at radius 3 is 2.52 bits per heavy atom. The van der Waals surface area contributed by atoms with Crippen molar-refractivity contribution in [2.75, 3.05) is 5.32 Å². The number of nitrogens with one attached hydrogen (secondary N) is 2. The van der Waals surface area contributed by atoms with E-state index in [0.29, 0.717) is 11.5 Å². The number of amides is 1. The highest BCUT2D eigenvalue weighted by atomic mass is 16.1. The quantitative estimate of drug-likeness (QED) is 0.905. The molecule has 0 fully saturated rings. The lowest BCUT2D eigenvalue weighted by Crippen LogP contribution is -2.30. The molecule has 0 radical (unpaired) electrons. The lowest BCUT2D eigenvalue weighted by Gasteiger charge is -2.11. The summed E-state index contributed by atoms with van der Waals surface area (Å²) in [6.07, 6.45) is 3.04. The van der Waals surface area contributed by atoms with Gasteiger partial charge in [-0.2, -0.15) is 0 Å². The molecule has 1 amide bonds. The van der Waals surface area contributed by atoms with Gasteiger partial charge in [-0.05, 0) is 44.9 Å². The molecule has 0 saturated heterocycles. The van der Waals surface area contributed by atoms with Crippen LogP contribution in [-0.4, -0.2) is 21.9 Å². The number of hydrogen-bond acceptors (Lipinski definition) is 4. The third kappa shape index (κ3) is 3.78. The van der Waals surface area contributed by atoms with Crippen molar-refractivity contribution in [3.63, 3.8) is 0 Å². The normalized spacial score (nSPS) is 10.5. The van der Waals surface area contributed by atoms with Crippen LogP contribution in [0.5, 0.6) is 0 Å². The molecule has 1 heterocycles. The van der Waals surface area contributed by atoms with Gasteiger partial charge in [0.2, 0.25) is 0 Å². The van der Waals surface area contributed by atoms with Crippen molar-refractivity contribution < 1.29 is 4.79 Å². The van der Waals surface area contributed by atoms with Gasteiger partial charge in [-0.25, -0.2) is 9.97 Å². The van der Waals surface area contributed by atoms with E-state index in [1.807, 2.05) is 26.0 Å². The first-order valence-corrected chi connectivity index (χ1v) is 6.93. The fraction of sp³-hybridized carbons (Fsp3) is 0.312. The molecule has 5 heteroatoms. The van der Waals surface area contributed by atoms with Crippen molar-refractivity contribution in [3.8, 4) is 0 Å². The summed E-state index contributed by atoms with van der Waals surface area (Å²) in [7, 11) is 0. The molecule has 2 aromatic rings. The average Bonchev–Trinajstić information content (AvgIpc) is 2.44. The molecule has 0 aliphatic carbocycles. The third-order valence-electron chi connectivity index (χ3n) is 3.17. The highest BCUT2D eigenvalue weighted by molar-refractivity contribution is 5.92.